The van der Waals surface area contributed by atoms with Crippen molar-refractivity contribution in [3.8, 4) is 5.75 Å². The number of benzene rings is 2. The molecular weight excluding hydrogens is 309 g/mol. The van der Waals surface area contributed by atoms with Crippen LogP contribution in [0.3, 0.4) is 0 Å². The van der Waals surface area contributed by atoms with E-state index in [4.69, 9.17) is 9.47 Å². The molecule has 1 aliphatic heterocycles. The van der Waals surface area contributed by atoms with E-state index in [-0.39, 0.29) is 17.4 Å². The summed E-state index contributed by atoms with van der Waals surface area (Å²) in [5.74, 6) is -0.0892. The maximum Gasteiger partial charge on any atom is 0.363 e. The van der Waals surface area contributed by atoms with Crippen LogP contribution in [0.1, 0.15) is 23.6 Å². The molecule has 2 aromatic carbocycles. The number of hydrogen-bond donors (Lipinski definition) is 0. The van der Waals surface area contributed by atoms with Crippen molar-refractivity contribution in [2.45, 2.75) is 13.3 Å². The van der Waals surface area contributed by atoms with Crippen LogP contribution in [0.4, 0.5) is 4.39 Å². The van der Waals surface area contributed by atoms with E-state index in [1.165, 1.54) is 24.3 Å². The van der Waals surface area contributed by atoms with Gasteiger partial charge in [0, 0.05) is 11.1 Å². The van der Waals surface area contributed by atoms with Crippen molar-refractivity contribution in [3.63, 3.8) is 0 Å². The number of nitrogens with zero attached hydrogens (tertiary/aromatic N) is 1. The third-order valence-corrected chi connectivity index (χ3v) is 3.71. The fourth-order valence-corrected chi connectivity index (χ4v) is 2.39. The first-order chi connectivity index (χ1) is 11.6. The highest BCUT2D eigenvalue weighted by Crippen LogP contribution is 2.26. The number of rotatable bonds is 4. The van der Waals surface area contributed by atoms with Gasteiger partial charge in [-0.3, -0.25) is 0 Å². The van der Waals surface area contributed by atoms with Crippen LogP contribution in [-0.2, 0) is 16.0 Å². The topological polar surface area (TPSA) is 47.9 Å². The van der Waals surface area contributed by atoms with Crippen LogP contribution in [0.5, 0.6) is 5.75 Å². The van der Waals surface area contributed by atoms with Crippen molar-refractivity contribution in [2.75, 3.05) is 7.11 Å². The Hall–Kier alpha value is -2.95. The Morgan fingerprint density at radius 2 is 1.96 bits per heavy atom. The van der Waals surface area contributed by atoms with Crippen LogP contribution in [0.25, 0.3) is 6.08 Å². The molecule has 0 unspecified atom stereocenters. The van der Waals surface area contributed by atoms with Crippen molar-refractivity contribution < 1.29 is 18.7 Å². The second-order valence-corrected chi connectivity index (χ2v) is 5.27. The first-order valence-electron chi connectivity index (χ1n) is 7.56. The second-order valence-electron chi connectivity index (χ2n) is 5.27. The van der Waals surface area contributed by atoms with Crippen LogP contribution in [-0.4, -0.2) is 19.0 Å². The third kappa shape index (κ3) is 3.20. The molecule has 0 radical (unpaired) electrons. The molecule has 0 bridgehead atoms. The lowest BCUT2D eigenvalue weighted by atomic mass is 10.1. The molecule has 2 aromatic rings. The predicted octanol–water partition coefficient (Wildman–Crippen LogP) is 3.74. The highest BCUT2D eigenvalue weighted by atomic mass is 19.1. The van der Waals surface area contributed by atoms with Gasteiger partial charge in [0.1, 0.15) is 11.6 Å². The molecule has 0 saturated heterocycles. The predicted molar refractivity (Wildman–Crippen MR) is 89.4 cm³/mol. The van der Waals surface area contributed by atoms with Crippen LogP contribution >= 0.6 is 0 Å². The smallest absolute Gasteiger partial charge is 0.363 e. The molecule has 3 rings (SSSR count). The van der Waals surface area contributed by atoms with E-state index in [0.29, 0.717) is 11.3 Å². The van der Waals surface area contributed by atoms with Crippen LogP contribution < -0.4 is 4.74 Å². The summed E-state index contributed by atoms with van der Waals surface area (Å²) in [6.45, 7) is 2.05. The first-order valence-corrected chi connectivity index (χ1v) is 7.56. The lowest BCUT2D eigenvalue weighted by molar-refractivity contribution is -0.129. The molecule has 5 heteroatoms. The number of aliphatic imine (C=N–C) groups is 1. The fraction of sp³-hybridized carbons (Fsp3) is 0.158. The highest BCUT2D eigenvalue weighted by Gasteiger charge is 2.24. The summed E-state index contributed by atoms with van der Waals surface area (Å²) < 4.78 is 23.5. The summed E-state index contributed by atoms with van der Waals surface area (Å²) >= 11 is 0. The number of carbonyl (C=O) groups is 1. The zero-order valence-electron chi connectivity index (χ0n) is 13.4. The molecule has 24 heavy (non-hydrogen) atoms. The quantitative estimate of drug-likeness (QED) is 0.635. The van der Waals surface area contributed by atoms with Crippen molar-refractivity contribution >= 4 is 17.9 Å². The Kier molecular flexibility index (Phi) is 4.42. The van der Waals surface area contributed by atoms with E-state index in [1.807, 2.05) is 25.1 Å². The molecule has 0 aromatic heterocycles. The molecule has 0 N–H and O–H groups in total. The summed E-state index contributed by atoms with van der Waals surface area (Å²) in [7, 11) is 1.57. The van der Waals surface area contributed by atoms with Crippen molar-refractivity contribution in [1.29, 1.82) is 0 Å². The van der Waals surface area contributed by atoms with Gasteiger partial charge in [0.2, 0.25) is 5.90 Å². The lowest BCUT2D eigenvalue weighted by Gasteiger charge is -2.06. The summed E-state index contributed by atoms with van der Waals surface area (Å²) in [5.41, 5.74) is 2.60. The monoisotopic (exact) mass is 325 g/mol. The molecule has 0 saturated carbocycles. The number of hydrogen-bond acceptors (Lipinski definition) is 4. The van der Waals surface area contributed by atoms with Gasteiger partial charge in [-0.15, -0.1) is 0 Å². The highest BCUT2D eigenvalue weighted by molar-refractivity contribution is 6.12. The van der Waals surface area contributed by atoms with Gasteiger partial charge >= 0.3 is 5.97 Å². The van der Waals surface area contributed by atoms with Crippen LogP contribution in [0.15, 0.2) is 53.2 Å². The Labute approximate surface area is 139 Å². The number of aryl methyl sites for hydroxylation is 1. The first kappa shape index (κ1) is 15.9. The van der Waals surface area contributed by atoms with E-state index in [0.717, 1.165) is 17.5 Å². The van der Waals surface area contributed by atoms with Gasteiger partial charge in [-0.2, -0.15) is 0 Å². The van der Waals surface area contributed by atoms with Gasteiger partial charge in [0.25, 0.3) is 0 Å². The van der Waals surface area contributed by atoms with Gasteiger partial charge in [0.15, 0.2) is 5.70 Å². The average molecular weight is 325 g/mol. The largest absolute Gasteiger partial charge is 0.496 e. The van der Waals surface area contributed by atoms with Gasteiger partial charge in [0.05, 0.1) is 7.11 Å². The standard InChI is InChI=1S/C19H16FNO3/c1-3-12-4-9-17(23-2)14(10-12)11-16-19(22)24-18(21-16)13-5-7-15(20)8-6-13/h4-11H,3H2,1-2H3/b16-11+. The van der Waals surface area contributed by atoms with E-state index in [9.17, 15) is 9.18 Å². The molecular formula is C19H16FNO3. The minimum atomic E-state index is -0.543. The summed E-state index contributed by atoms with van der Waals surface area (Å²) in [4.78, 5) is 16.3. The Morgan fingerprint density at radius 1 is 1.21 bits per heavy atom. The molecule has 1 aliphatic rings. The number of halogens is 1. The summed E-state index contributed by atoms with van der Waals surface area (Å²) in [6.07, 6.45) is 2.51. The normalized spacial score (nSPS) is 15.4. The van der Waals surface area contributed by atoms with Gasteiger partial charge in [-0.05, 0) is 54.5 Å². The average Bonchev–Trinajstić information content (AvgIpc) is 2.96. The third-order valence-electron chi connectivity index (χ3n) is 3.71. The zero-order chi connectivity index (χ0) is 17.1. The summed E-state index contributed by atoms with van der Waals surface area (Å²) in [5, 5.41) is 0. The minimum absolute atomic E-state index is 0.164. The number of methoxy groups -OCH3 is 1. The van der Waals surface area contributed by atoms with Crippen molar-refractivity contribution in [2.24, 2.45) is 4.99 Å². The zero-order valence-corrected chi connectivity index (χ0v) is 13.4. The maximum absolute atomic E-state index is 13.0. The summed E-state index contributed by atoms with van der Waals surface area (Å²) in [6, 6.07) is 11.4. The maximum atomic E-state index is 13.0. The lowest BCUT2D eigenvalue weighted by Crippen LogP contribution is -2.05. The van der Waals surface area contributed by atoms with Crippen LogP contribution in [0, 0.1) is 5.82 Å². The van der Waals surface area contributed by atoms with E-state index >= 15 is 0 Å². The Bertz CT molecular complexity index is 838. The molecule has 0 amide bonds. The Balaban J connectivity index is 1.98. The second kappa shape index (κ2) is 6.66. The molecule has 4 nitrogen and oxygen atoms in total. The van der Waals surface area contributed by atoms with Gasteiger partial charge in [-0.1, -0.05) is 13.0 Å². The molecule has 0 aliphatic carbocycles. The number of esters is 1. The molecule has 0 atom stereocenters. The molecule has 1 heterocycles. The molecule has 0 spiro atoms. The van der Waals surface area contributed by atoms with Crippen molar-refractivity contribution in [3.05, 3.63) is 70.7 Å². The van der Waals surface area contributed by atoms with Crippen LogP contribution in [0.2, 0.25) is 0 Å². The Morgan fingerprint density at radius 3 is 2.62 bits per heavy atom. The molecule has 0 fully saturated rings. The number of ether oxygens (including phenoxy) is 2. The van der Waals surface area contributed by atoms with E-state index in [2.05, 4.69) is 4.99 Å². The molecule has 122 valence electrons. The fourth-order valence-electron chi connectivity index (χ4n) is 2.39. The van der Waals surface area contributed by atoms with Crippen molar-refractivity contribution in [1.82, 2.24) is 0 Å². The van der Waals surface area contributed by atoms with Gasteiger partial charge in [-0.25, -0.2) is 14.2 Å². The number of cyclic esters (lactones) is 1. The number of carbonyl (C=O) groups excluding carboxylic acids is 1. The van der Waals surface area contributed by atoms with Gasteiger partial charge < -0.3 is 9.47 Å². The SMILES string of the molecule is CCc1ccc(OC)c(/C=C2/N=C(c3ccc(F)cc3)OC2=O)c1. The van der Waals surface area contributed by atoms with E-state index in [1.54, 1.807) is 13.2 Å². The minimum Gasteiger partial charge on any atom is -0.496 e. The van der Waals surface area contributed by atoms with E-state index < -0.39 is 5.97 Å².